The number of phenolic OH excluding ortho intramolecular Hbond substituents is 1. The second-order valence-corrected chi connectivity index (χ2v) is 5.07. The van der Waals surface area contributed by atoms with Crippen LogP contribution in [0, 0.1) is 6.92 Å². The van der Waals surface area contributed by atoms with Crippen LogP contribution in [-0.4, -0.2) is 33.7 Å². The van der Waals surface area contributed by atoms with Crippen molar-refractivity contribution in [3.63, 3.8) is 0 Å². The van der Waals surface area contributed by atoms with Gasteiger partial charge in [-0.3, -0.25) is 9.59 Å². The molecule has 0 bridgehead atoms. The minimum absolute atomic E-state index is 0.112. The van der Waals surface area contributed by atoms with Gasteiger partial charge in [-0.25, -0.2) is 4.98 Å². The number of halogens is 2. The molecule has 0 saturated carbocycles. The van der Waals surface area contributed by atoms with Gasteiger partial charge in [0.05, 0.1) is 11.4 Å². The fraction of sp³-hybridized carbons (Fsp3) is 0.214. The summed E-state index contributed by atoms with van der Waals surface area (Å²) >= 11 is 10.9. The van der Waals surface area contributed by atoms with E-state index in [4.69, 9.17) is 23.2 Å². The monoisotopic (exact) mass is 341 g/mol. The summed E-state index contributed by atoms with van der Waals surface area (Å²) in [6.07, 6.45) is 0. The van der Waals surface area contributed by atoms with E-state index in [-0.39, 0.29) is 28.7 Å². The van der Waals surface area contributed by atoms with Crippen LogP contribution in [-0.2, 0) is 9.59 Å². The number of nitrogens with zero attached hydrogens (tertiary/aromatic N) is 1. The van der Waals surface area contributed by atoms with Crippen LogP contribution in [0.3, 0.4) is 0 Å². The van der Waals surface area contributed by atoms with Crippen molar-refractivity contribution in [3.8, 4) is 5.75 Å². The molecule has 0 unspecified atom stereocenters. The van der Waals surface area contributed by atoms with Gasteiger partial charge < -0.3 is 15.7 Å². The van der Waals surface area contributed by atoms with Crippen LogP contribution in [0.25, 0.3) is 10.9 Å². The molecule has 116 valence electrons. The third-order valence-corrected chi connectivity index (χ3v) is 3.37. The SMILES string of the molecule is Cc1ccc2c(NC(=O)CCl)cc(NC(=O)CCl)c(O)c2n1. The average Bonchev–Trinajstić information content (AvgIpc) is 2.51. The molecule has 1 heterocycles. The Bertz CT molecular complexity index is 750. The summed E-state index contributed by atoms with van der Waals surface area (Å²) in [7, 11) is 0. The van der Waals surface area contributed by atoms with Gasteiger partial charge in [-0.15, -0.1) is 23.2 Å². The molecule has 2 rings (SSSR count). The molecule has 0 radical (unpaired) electrons. The molecule has 0 fully saturated rings. The van der Waals surface area contributed by atoms with Crippen molar-refractivity contribution in [2.45, 2.75) is 6.92 Å². The summed E-state index contributed by atoms with van der Waals surface area (Å²) in [4.78, 5) is 27.2. The van der Waals surface area contributed by atoms with Crippen LogP contribution < -0.4 is 10.6 Å². The average molecular weight is 342 g/mol. The van der Waals surface area contributed by atoms with Gasteiger partial charge in [-0.2, -0.15) is 0 Å². The molecule has 22 heavy (non-hydrogen) atoms. The third kappa shape index (κ3) is 3.40. The van der Waals surface area contributed by atoms with Crippen LogP contribution in [0.5, 0.6) is 5.75 Å². The lowest BCUT2D eigenvalue weighted by Gasteiger charge is -2.14. The maximum Gasteiger partial charge on any atom is 0.239 e. The van der Waals surface area contributed by atoms with Crippen molar-refractivity contribution in [1.82, 2.24) is 4.98 Å². The van der Waals surface area contributed by atoms with Gasteiger partial charge in [0.15, 0.2) is 5.75 Å². The first-order valence-electron chi connectivity index (χ1n) is 6.31. The number of amides is 2. The fourth-order valence-electron chi connectivity index (χ4n) is 1.94. The molecule has 6 nitrogen and oxygen atoms in total. The van der Waals surface area contributed by atoms with Crippen LogP contribution >= 0.6 is 23.2 Å². The Morgan fingerprint density at radius 2 is 1.73 bits per heavy atom. The number of hydrogen-bond acceptors (Lipinski definition) is 4. The van der Waals surface area contributed by atoms with Gasteiger partial charge in [0.2, 0.25) is 11.8 Å². The Labute approximate surface area is 136 Å². The molecule has 0 atom stereocenters. The molecule has 1 aromatic heterocycles. The molecular weight excluding hydrogens is 329 g/mol. The summed E-state index contributed by atoms with van der Waals surface area (Å²) in [5.41, 5.74) is 1.44. The first-order valence-corrected chi connectivity index (χ1v) is 7.38. The van der Waals surface area contributed by atoms with Gasteiger partial charge in [-0.05, 0) is 25.1 Å². The number of aryl methyl sites for hydroxylation is 1. The first kappa shape index (κ1) is 16.3. The minimum Gasteiger partial charge on any atom is -0.504 e. The number of fused-ring (bicyclic) bond motifs is 1. The highest BCUT2D eigenvalue weighted by Crippen LogP contribution is 2.37. The molecule has 2 amide bonds. The smallest absolute Gasteiger partial charge is 0.239 e. The number of carbonyl (C=O) groups is 2. The normalized spacial score (nSPS) is 10.5. The van der Waals surface area contributed by atoms with Gasteiger partial charge in [0.1, 0.15) is 17.3 Å². The molecule has 8 heteroatoms. The van der Waals surface area contributed by atoms with E-state index >= 15 is 0 Å². The largest absolute Gasteiger partial charge is 0.504 e. The Kier molecular flexibility index (Phi) is 5.05. The zero-order chi connectivity index (χ0) is 16.3. The van der Waals surface area contributed by atoms with Crippen LogP contribution in [0.4, 0.5) is 11.4 Å². The minimum atomic E-state index is -0.487. The predicted molar refractivity (Wildman–Crippen MR) is 86.8 cm³/mol. The highest BCUT2D eigenvalue weighted by atomic mass is 35.5. The van der Waals surface area contributed by atoms with E-state index in [0.29, 0.717) is 16.8 Å². The van der Waals surface area contributed by atoms with Crippen molar-refractivity contribution in [3.05, 3.63) is 23.9 Å². The Morgan fingerprint density at radius 1 is 1.14 bits per heavy atom. The topological polar surface area (TPSA) is 91.3 Å². The number of nitrogens with one attached hydrogen (secondary N) is 2. The van der Waals surface area contributed by atoms with Crippen molar-refractivity contribution in [1.29, 1.82) is 0 Å². The summed E-state index contributed by atoms with van der Waals surface area (Å²) in [5, 5.41) is 15.9. The lowest BCUT2D eigenvalue weighted by atomic mass is 10.1. The number of aromatic hydroxyl groups is 1. The predicted octanol–water partition coefficient (Wildman–Crippen LogP) is 2.60. The third-order valence-electron chi connectivity index (χ3n) is 2.88. The molecule has 0 aliphatic carbocycles. The number of phenols is 1. The lowest BCUT2D eigenvalue weighted by molar-refractivity contribution is -0.114. The number of benzene rings is 1. The number of anilines is 2. The molecular formula is C14H13Cl2N3O3. The van der Waals surface area contributed by atoms with Gasteiger partial charge in [-0.1, -0.05) is 0 Å². The highest BCUT2D eigenvalue weighted by Gasteiger charge is 2.16. The van der Waals surface area contributed by atoms with Crippen molar-refractivity contribution < 1.29 is 14.7 Å². The van der Waals surface area contributed by atoms with Crippen molar-refractivity contribution in [2.24, 2.45) is 0 Å². The maximum absolute atomic E-state index is 11.5. The number of carbonyl (C=O) groups excluding carboxylic acids is 2. The molecule has 0 saturated heterocycles. The van der Waals surface area contributed by atoms with Gasteiger partial charge in [0.25, 0.3) is 0 Å². The number of rotatable bonds is 4. The number of aromatic nitrogens is 1. The molecule has 1 aromatic carbocycles. The molecule has 2 aromatic rings. The lowest BCUT2D eigenvalue weighted by Crippen LogP contribution is -2.15. The van der Waals surface area contributed by atoms with Crippen LogP contribution in [0.2, 0.25) is 0 Å². The number of pyridine rings is 1. The molecule has 0 aliphatic rings. The van der Waals surface area contributed by atoms with Crippen LogP contribution in [0.15, 0.2) is 18.2 Å². The van der Waals surface area contributed by atoms with Crippen molar-refractivity contribution >= 4 is 57.3 Å². The van der Waals surface area contributed by atoms with E-state index in [9.17, 15) is 14.7 Å². The number of hydrogen-bond donors (Lipinski definition) is 3. The number of alkyl halides is 2. The summed E-state index contributed by atoms with van der Waals surface area (Å²) in [5.74, 6) is -1.57. The van der Waals surface area contributed by atoms with E-state index in [1.54, 1.807) is 19.1 Å². The van der Waals surface area contributed by atoms with Crippen molar-refractivity contribution in [2.75, 3.05) is 22.4 Å². The standard InChI is InChI=1S/C14H13Cl2N3O3/c1-7-2-3-8-9(18-11(20)5-15)4-10(19-12(21)6-16)14(22)13(8)17-7/h2-4,22H,5-6H2,1H3,(H,18,20)(H,19,21). The van der Waals surface area contributed by atoms with E-state index in [2.05, 4.69) is 15.6 Å². The van der Waals surface area contributed by atoms with Gasteiger partial charge in [0, 0.05) is 11.1 Å². The summed E-state index contributed by atoms with van der Waals surface area (Å²) < 4.78 is 0. The van der Waals surface area contributed by atoms with E-state index < -0.39 is 11.8 Å². The zero-order valence-electron chi connectivity index (χ0n) is 11.6. The summed E-state index contributed by atoms with van der Waals surface area (Å²) in [6, 6.07) is 4.90. The van der Waals surface area contributed by atoms with E-state index in [1.165, 1.54) is 6.07 Å². The first-order chi connectivity index (χ1) is 10.5. The van der Waals surface area contributed by atoms with E-state index in [0.717, 1.165) is 0 Å². The second-order valence-electron chi connectivity index (χ2n) is 4.53. The fourth-order valence-corrected chi connectivity index (χ4v) is 2.07. The van der Waals surface area contributed by atoms with Gasteiger partial charge >= 0.3 is 0 Å². The Morgan fingerprint density at radius 3 is 2.32 bits per heavy atom. The quantitative estimate of drug-likeness (QED) is 0.452. The molecule has 0 spiro atoms. The summed E-state index contributed by atoms with van der Waals surface area (Å²) in [6.45, 7) is 1.76. The Balaban J connectivity index is 2.63. The van der Waals surface area contributed by atoms with E-state index in [1.807, 2.05) is 0 Å². The second kappa shape index (κ2) is 6.81. The molecule has 3 N–H and O–H groups in total. The molecule has 0 aliphatic heterocycles. The zero-order valence-corrected chi connectivity index (χ0v) is 13.1. The Hall–Kier alpha value is -2.05. The van der Waals surface area contributed by atoms with Crippen LogP contribution in [0.1, 0.15) is 5.69 Å². The maximum atomic E-state index is 11.5. The highest BCUT2D eigenvalue weighted by molar-refractivity contribution is 6.30.